The average Bonchev–Trinajstić information content (AvgIpc) is 1.84. The van der Waals surface area contributed by atoms with Gasteiger partial charge in [0, 0.05) is 0 Å². The molecule has 0 atom stereocenters. The van der Waals surface area contributed by atoms with E-state index in [1.165, 1.54) is 12.8 Å². The van der Waals surface area contributed by atoms with Gasteiger partial charge < -0.3 is 0 Å². The fraction of sp³-hybridized carbons (Fsp3) is 0.714. The third-order valence-electron chi connectivity index (χ3n) is 1.51. The molecule has 0 bridgehead atoms. The predicted octanol–water partition coefficient (Wildman–Crippen LogP) is 2.21. The van der Waals surface area contributed by atoms with Gasteiger partial charge in [-0.15, -0.1) is 0 Å². The second-order valence-corrected chi connectivity index (χ2v) is 2.92. The molecule has 0 heterocycles. The first-order valence-corrected chi connectivity index (χ1v) is 2.87. The lowest BCUT2D eigenvalue weighted by molar-refractivity contribution is 0.473. The van der Waals surface area contributed by atoms with E-state index in [1.807, 2.05) is 0 Å². The molecule has 0 spiro atoms. The molecule has 0 amide bonds. The lowest BCUT2D eigenvalue weighted by Crippen LogP contribution is -2.02. The third kappa shape index (κ3) is 1.19. The van der Waals surface area contributed by atoms with Gasteiger partial charge in [-0.2, -0.15) is 0 Å². The summed E-state index contributed by atoms with van der Waals surface area (Å²) in [5.41, 5.74) is 0.514. The van der Waals surface area contributed by atoms with Crippen molar-refractivity contribution in [3.63, 3.8) is 0 Å². The van der Waals surface area contributed by atoms with Gasteiger partial charge in [0.25, 0.3) is 0 Å². The summed E-state index contributed by atoms with van der Waals surface area (Å²) < 4.78 is 0. The van der Waals surface area contributed by atoms with Gasteiger partial charge in [-0.3, -0.25) is 0 Å². The molecule has 2 radical (unpaired) electrons. The maximum Gasteiger partial charge on any atom is -0.0320 e. The lowest BCUT2D eigenvalue weighted by Gasteiger charge is -2.13. The van der Waals surface area contributed by atoms with Crippen molar-refractivity contribution in [1.82, 2.24) is 0 Å². The van der Waals surface area contributed by atoms with Gasteiger partial charge in [0.05, 0.1) is 0 Å². The highest BCUT2D eigenvalue weighted by Gasteiger charge is 2.22. The zero-order valence-electron chi connectivity index (χ0n) is 5.07. The quantitative estimate of drug-likeness (QED) is 0.433. The Bertz CT molecular complexity index is 54.4. The van der Waals surface area contributed by atoms with Crippen molar-refractivity contribution in [2.75, 3.05) is 0 Å². The second kappa shape index (κ2) is 1.50. The molecule has 40 valence electrons. The third-order valence-corrected chi connectivity index (χ3v) is 1.51. The van der Waals surface area contributed by atoms with Crippen molar-refractivity contribution < 1.29 is 0 Å². The molecule has 0 N–H and O–H groups in total. The Labute approximate surface area is 45.9 Å². The Hall–Kier alpha value is 0. The molecule has 7 heavy (non-hydrogen) atoms. The van der Waals surface area contributed by atoms with E-state index >= 15 is 0 Å². The van der Waals surface area contributed by atoms with Crippen LogP contribution in [-0.4, -0.2) is 0 Å². The summed E-state index contributed by atoms with van der Waals surface area (Å²) >= 11 is 0. The van der Waals surface area contributed by atoms with Crippen LogP contribution < -0.4 is 0 Å². The summed E-state index contributed by atoms with van der Waals surface area (Å²) in [7, 11) is 0. The summed E-state index contributed by atoms with van der Waals surface area (Å²) in [6.45, 7) is 4.55. The highest BCUT2D eigenvalue weighted by molar-refractivity contribution is 4.99. The van der Waals surface area contributed by atoms with Crippen LogP contribution in [-0.2, 0) is 0 Å². The van der Waals surface area contributed by atoms with E-state index in [9.17, 15) is 0 Å². The molecule has 1 aliphatic carbocycles. The molecule has 0 heteroatoms. The summed E-state index contributed by atoms with van der Waals surface area (Å²) in [6, 6.07) is 0. The van der Waals surface area contributed by atoms with Gasteiger partial charge in [0.2, 0.25) is 0 Å². The van der Waals surface area contributed by atoms with Gasteiger partial charge >= 0.3 is 0 Å². The van der Waals surface area contributed by atoms with Crippen molar-refractivity contribution in [1.29, 1.82) is 0 Å². The maximum absolute atomic E-state index is 2.37. The first kappa shape index (κ1) is 5.14. The Morgan fingerprint density at radius 1 is 1.43 bits per heavy atom. The van der Waals surface area contributed by atoms with Crippen LogP contribution in [0.15, 0.2) is 0 Å². The first-order chi connectivity index (χ1) is 3.21. The molecule has 0 aliphatic heterocycles. The van der Waals surface area contributed by atoms with Crippen LogP contribution in [0.2, 0.25) is 0 Å². The largest absolute Gasteiger partial charge is 0.0596 e. The zero-order valence-corrected chi connectivity index (χ0v) is 5.07. The molecular weight excluding hydrogens is 84.1 g/mol. The molecule has 0 aromatic rings. The van der Waals surface area contributed by atoms with Crippen LogP contribution >= 0.6 is 0 Å². The highest BCUT2D eigenvalue weighted by atomic mass is 14.3. The van der Waals surface area contributed by atoms with E-state index in [2.05, 4.69) is 26.7 Å². The maximum atomic E-state index is 2.37. The summed E-state index contributed by atoms with van der Waals surface area (Å²) in [6.07, 6.45) is 7.19. The summed E-state index contributed by atoms with van der Waals surface area (Å²) in [5.74, 6) is 0. The summed E-state index contributed by atoms with van der Waals surface area (Å²) in [5, 5.41) is 0. The number of hydrogen-bond donors (Lipinski definition) is 0. The van der Waals surface area contributed by atoms with Crippen LogP contribution in [0.1, 0.15) is 26.7 Å². The van der Waals surface area contributed by atoms with Gasteiger partial charge in [-0.1, -0.05) is 13.8 Å². The van der Waals surface area contributed by atoms with Gasteiger partial charge in [0.1, 0.15) is 0 Å². The zero-order chi connectivity index (χ0) is 5.33. The molecule has 1 rings (SSSR count). The molecule has 0 aromatic carbocycles. The van der Waals surface area contributed by atoms with Gasteiger partial charge in [-0.05, 0) is 31.1 Å². The monoisotopic (exact) mass is 96.1 g/mol. The SMILES string of the molecule is CC1(C)[CH]C[CH]C1. The van der Waals surface area contributed by atoms with Crippen molar-refractivity contribution in [3.8, 4) is 0 Å². The van der Waals surface area contributed by atoms with Crippen molar-refractivity contribution in [2.45, 2.75) is 26.7 Å². The smallest absolute Gasteiger partial charge is 0.0320 e. The van der Waals surface area contributed by atoms with Gasteiger partial charge in [0.15, 0.2) is 0 Å². The minimum absolute atomic E-state index is 0.514. The molecule has 0 aromatic heterocycles. The molecule has 1 fully saturated rings. The van der Waals surface area contributed by atoms with E-state index in [0.717, 1.165) is 0 Å². The van der Waals surface area contributed by atoms with E-state index in [4.69, 9.17) is 0 Å². The Kier molecular flexibility index (Phi) is 1.10. The number of rotatable bonds is 0. The standard InChI is InChI=1S/C7H12/c1-7(2)5-3-4-6-7/h3,6H,4-5H2,1-2H3. The second-order valence-electron chi connectivity index (χ2n) is 2.92. The molecule has 0 unspecified atom stereocenters. The Balaban J connectivity index is 2.40. The topological polar surface area (TPSA) is 0 Å². The van der Waals surface area contributed by atoms with E-state index < -0.39 is 0 Å². The molecular formula is C7H12. The van der Waals surface area contributed by atoms with E-state index in [-0.39, 0.29) is 0 Å². The Morgan fingerprint density at radius 2 is 2.14 bits per heavy atom. The van der Waals surface area contributed by atoms with Crippen molar-refractivity contribution in [2.24, 2.45) is 5.41 Å². The minimum atomic E-state index is 0.514. The van der Waals surface area contributed by atoms with Crippen LogP contribution in [0.4, 0.5) is 0 Å². The first-order valence-electron chi connectivity index (χ1n) is 2.87. The molecule has 1 aliphatic rings. The average molecular weight is 96.2 g/mol. The van der Waals surface area contributed by atoms with Crippen LogP contribution in [0.3, 0.4) is 0 Å². The minimum Gasteiger partial charge on any atom is -0.0596 e. The van der Waals surface area contributed by atoms with Crippen LogP contribution in [0, 0.1) is 18.3 Å². The van der Waals surface area contributed by atoms with Crippen molar-refractivity contribution >= 4 is 0 Å². The molecule has 0 nitrogen and oxygen atoms in total. The van der Waals surface area contributed by atoms with E-state index in [0.29, 0.717) is 5.41 Å². The molecule has 1 saturated carbocycles. The van der Waals surface area contributed by atoms with Crippen molar-refractivity contribution in [3.05, 3.63) is 12.8 Å². The van der Waals surface area contributed by atoms with Gasteiger partial charge in [-0.25, -0.2) is 0 Å². The normalized spacial score (nSPS) is 28.3. The number of hydrogen-bond acceptors (Lipinski definition) is 0. The fourth-order valence-electron chi connectivity index (χ4n) is 0.941. The van der Waals surface area contributed by atoms with E-state index in [1.54, 1.807) is 0 Å². The van der Waals surface area contributed by atoms with Crippen LogP contribution in [0.5, 0.6) is 0 Å². The summed E-state index contributed by atoms with van der Waals surface area (Å²) in [4.78, 5) is 0. The molecule has 0 saturated heterocycles. The van der Waals surface area contributed by atoms with Crippen LogP contribution in [0.25, 0.3) is 0 Å². The predicted molar refractivity (Wildman–Crippen MR) is 31.6 cm³/mol. The fourth-order valence-corrected chi connectivity index (χ4v) is 0.941. The Morgan fingerprint density at radius 3 is 2.29 bits per heavy atom. The highest BCUT2D eigenvalue weighted by Crippen LogP contribution is 2.34. The lowest BCUT2D eigenvalue weighted by atomic mass is 9.92.